The molecule has 2 aliphatic heterocycles. The monoisotopic (exact) mass is 1110 g/mol. The number of ether oxygens (including phenoxy) is 3. The predicted molar refractivity (Wildman–Crippen MR) is 302 cm³/mol. The first-order valence-corrected chi connectivity index (χ1v) is 27.4. The maximum absolute atomic E-state index is 15.7. The Morgan fingerprint density at radius 1 is 0.782 bits per heavy atom. The first-order valence-electron chi connectivity index (χ1n) is 26.6. The van der Waals surface area contributed by atoms with E-state index in [4.69, 9.17) is 37.4 Å². The van der Waals surface area contributed by atoms with Gasteiger partial charge in [-0.2, -0.15) is 0 Å². The van der Waals surface area contributed by atoms with Crippen LogP contribution < -0.4 is 15.4 Å². The average Bonchev–Trinajstić information content (AvgIpc) is 3.78. The van der Waals surface area contributed by atoms with Crippen molar-refractivity contribution >= 4 is 52.7 Å². The standard InChI is InChI=1S/C59H75Cl2N9O8/c1-39-40(2)66(5)58(74)45(30-41-12-10-9-11-13-41)32-56(72)70(36-44-16-21-47(61)33-53(44)78-49-22-17-43(18-23-49)52-35-62-54(68(52)7)37-65(3)4)51(24-25-69-26-28-77-29-27-69)57(73)64-50(38-76-8)59(75)67(6)48(34-55(71)63-39)31-42-14-19-46(60)20-15-42/h9-23,33,35,39-40,45,48,50-51H,24-32,34,36-38H2,1-8H3,(H,63,71)(H,64,73)/t39-,40-,45+,48-,50-,51-/m0/s1. The fourth-order valence-corrected chi connectivity index (χ4v) is 10.3. The zero-order valence-corrected chi connectivity index (χ0v) is 47.6. The van der Waals surface area contributed by atoms with Crippen LogP contribution in [0.1, 0.15) is 55.6 Å². The van der Waals surface area contributed by atoms with Gasteiger partial charge in [0.05, 0.1) is 50.7 Å². The summed E-state index contributed by atoms with van der Waals surface area (Å²) in [5.41, 5.74) is 4.09. The number of amides is 5. The number of nitrogens with zero attached hydrogens (tertiary/aromatic N) is 7. The molecule has 4 aromatic carbocycles. The fraction of sp³-hybridized carbons (Fsp3) is 0.458. The van der Waals surface area contributed by atoms with Gasteiger partial charge in [-0.1, -0.05) is 71.7 Å². The molecule has 2 fully saturated rings. The Kier molecular flexibility index (Phi) is 21.3. The number of imidazole rings is 1. The molecular formula is C59H75Cl2N9O8. The molecular weight excluding hydrogens is 1030 g/mol. The summed E-state index contributed by atoms with van der Waals surface area (Å²) in [4.78, 5) is 88.7. The Bertz CT molecular complexity index is 2810. The molecule has 7 rings (SSSR count). The van der Waals surface area contributed by atoms with E-state index < -0.39 is 53.8 Å². The number of nitrogens with one attached hydrogen (secondary N) is 2. The number of halogens is 2. The maximum Gasteiger partial charge on any atom is 0.247 e. The number of hydrogen-bond donors (Lipinski definition) is 2. The third-order valence-electron chi connectivity index (χ3n) is 14.9. The molecule has 0 aliphatic carbocycles. The number of likely N-dealkylation sites (N-methyl/N-ethyl adjacent to an activating group) is 2. The van der Waals surface area contributed by atoms with Crippen molar-refractivity contribution < 1.29 is 38.2 Å². The Balaban J connectivity index is 1.31. The van der Waals surface area contributed by atoms with Gasteiger partial charge in [-0.15, -0.1) is 0 Å². The highest BCUT2D eigenvalue weighted by molar-refractivity contribution is 6.31. The summed E-state index contributed by atoms with van der Waals surface area (Å²) < 4.78 is 20.0. The molecule has 0 bridgehead atoms. The summed E-state index contributed by atoms with van der Waals surface area (Å²) in [7, 11) is 10.7. The average molecular weight is 1110 g/mol. The second-order valence-corrected chi connectivity index (χ2v) is 21.7. The van der Waals surface area contributed by atoms with E-state index in [1.165, 1.54) is 16.9 Å². The van der Waals surface area contributed by atoms with Gasteiger partial charge in [0.25, 0.3) is 0 Å². The van der Waals surface area contributed by atoms with E-state index in [0.29, 0.717) is 66.5 Å². The molecule has 3 heterocycles. The zero-order valence-electron chi connectivity index (χ0n) is 46.1. The minimum absolute atomic E-state index is 0.0910. The van der Waals surface area contributed by atoms with E-state index in [-0.39, 0.29) is 57.1 Å². The molecule has 1 aromatic heterocycles. The van der Waals surface area contributed by atoms with Crippen LogP contribution in [0.15, 0.2) is 103 Å². The van der Waals surface area contributed by atoms with Crippen LogP contribution in [0.4, 0.5) is 0 Å². The number of morpholine rings is 1. The smallest absolute Gasteiger partial charge is 0.247 e. The third kappa shape index (κ3) is 15.9. The Labute approximate surface area is 469 Å². The van der Waals surface area contributed by atoms with Crippen LogP contribution in [0.5, 0.6) is 11.5 Å². The number of methoxy groups -OCH3 is 1. The normalized spacial score (nSPS) is 21.8. The van der Waals surface area contributed by atoms with Crippen LogP contribution in [-0.4, -0.2) is 169 Å². The van der Waals surface area contributed by atoms with Gasteiger partial charge in [0, 0.05) is 100 Å². The lowest BCUT2D eigenvalue weighted by molar-refractivity contribution is -0.148. The van der Waals surface area contributed by atoms with Crippen LogP contribution >= 0.6 is 23.2 Å². The lowest BCUT2D eigenvalue weighted by atomic mass is 9.92. The second-order valence-electron chi connectivity index (χ2n) is 20.8. The summed E-state index contributed by atoms with van der Waals surface area (Å²) in [5.74, 6) is -1.32. The van der Waals surface area contributed by atoms with Crippen molar-refractivity contribution in [2.75, 3.05) is 74.8 Å². The van der Waals surface area contributed by atoms with Gasteiger partial charge in [-0.3, -0.25) is 28.9 Å². The molecule has 19 heteroatoms. The van der Waals surface area contributed by atoms with Crippen molar-refractivity contribution in [2.45, 2.75) is 89.3 Å². The minimum Gasteiger partial charge on any atom is -0.457 e. The van der Waals surface area contributed by atoms with Gasteiger partial charge in [-0.05, 0) is 107 Å². The summed E-state index contributed by atoms with van der Waals surface area (Å²) in [6.07, 6.45) is 2.13. The van der Waals surface area contributed by atoms with E-state index in [9.17, 15) is 9.59 Å². The van der Waals surface area contributed by atoms with E-state index in [1.54, 1.807) is 49.3 Å². The topological polar surface area (TPSA) is 171 Å². The molecule has 2 N–H and O–H groups in total. The van der Waals surface area contributed by atoms with Crippen molar-refractivity contribution in [3.8, 4) is 22.8 Å². The van der Waals surface area contributed by atoms with Crippen LogP contribution in [0.3, 0.4) is 0 Å². The van der Waals surface area contributed by atoms with E-state index in [1.807, 2.05) is 108 Å². The van der Waals surface area contributed by atoms with Gasteiger partial charge in [0.15, 0.2) is 0 Å². The minimum atomic E-state index is -1.23. The Morgan fingerprint density at radius 2 is 1.46 bits per heavy atom. The van der Waals surface area contributed by atoms with Crippen LogP contribution in [-0.2, 0) is 66.4 Å². The Morgan fingerprint density at radius 3 is 2.14 bits per heavy atom. The van der Waals surface area contributed by atoms with Crippen molar-refractivity contribution in [1.29, 1.82) is 0 Å². The van der Waals surface area contributed by atoms with E-state index in [2.05, 4.69) is 30.0 Å². The molecule has 0 saturated carbocycles. The van der Waals surface area contributed by atoms with Crippen molar-refractivity contribution in [2.24, 2.45) is 13.0 Å². The Hall–Kier alpha value is -6.34. The number of hydrogen-bond acceptors (Lipinski definition) is 11. The fourth-order valence-electron chi connectivity index (χ4n) is 10.1. The highest BCUT2D eigenvalue weighted by atomic mass is 35.5. The summed E-state index contributed by atoms with van der Waals surface area (Å²) in [6, 6.07) is 25.3. The molecule has 0 radical (unpaired) electrons. The molecule has 0 unspecified atom stereocenters. The van der Waals surface area contributed by atoms with Gasteiger partial charge in [0.2, 0.25) is 29.5 Å². The second kappa shape index (κ2) is 28.0. The van der Waals surface area contributed by atoms with Crippen molar-refractivity contribution in [3.63, 3.8) is 0 Å². The number of benzene rings is 4. The lowest BCUT2D eigenvalue weighted by Crippen LogP contribution is -2.59. The quantitative estimate of drug-likeness (QED) is 0.106. The van der Waals surface area contributed by atoms with Gasteiger partial charge in [0.1, 0.15) is 29.4 Å². The first kappa shape index (κ1) is 59.3. The maximum atomic E-state index is 15.7. The lowest BCUT2D eigenvalue weighted by Gasteiger charge is -2.37. The van der Waals surface area contributed by atoms with Crippen LogP contribution in [0.25, 0.3) is 11.3 Å². The zero-order chi connectivity index (χ0) is 56.0. The number of carbonyl (C=O) groups is 5. The highest BCUT2D eigenvalue weighted by Gasteiger charge is 2.39. The number of rotatable bonds is 16. The van der Waals surface area contributed by atoms with Crippen LogP contribution in [0.2, 0.25) is 10.0 Å². The van der Waals surface area contributed by atoms with E-state index in [0.717, 1.165) is 28.2 Å². The SMILES string of the molecule is COC[C@@H]1NC(=O)[C@H](CCN2CCOCC2)N(Cc2ccc(Cl)cc2Oc2ccc(-c3cnc(CN(C)C)n3C)cc2)C(=O)C[C@@H](Cc2ccccc2)C(=O)N(C)[C@@H](C)[C@H](C)NC(=O)C[C@H](Cc2ccc(Cl)cc2)N(C)C1=O. The molecule has 78 heavy (non-hydrogen) atoms. The largest absolute Gasteiger partial charge is 0.457 e. The highest BCUT2D eigenvalue weighted by Crippen LogP contribution is 2.33. The summed E-state index contributed by atoms with van der Waals surface area (Å²) in [5, 5.41) is 7.02. The molecule has 5 aromatic rings. The van der Waals surface area contributed by atoms with Crippen LogP contribution in [0, 0.1) is 5.92 Å². The van der Waals surface area contributed by atoms with Gasteiger partial charge < -0.3 is 49.0 Å². The number of aromatic nitrogens is 2. The van der Waals surface area contributed by atoms with Crippen molar-refractivity contribution in [3.05, 3.63) is 136 Å². The number of carbonyl (C=O) groups excluding carboxylic acids is 5. The molecule has 5 amide bonds. The molecule has 17 nitrogen and oxygen atoms in total. The van der Waals surface area contributed by atoms with Gasteiger partial charge in [-0.25, -0.2) is 4.98 Å². The van der Waals surface area contributed by atoms with Gasteiger partial charge >= 0.3 is 0 Å². The first-order chi connectivity index (χ1) is 37.4. The summed E-state index contributed by atoms with van der Waals surface area (Å²) >= 11 is 13.0. The predicted octanol–water partition coefficient (Wildman–Crippen LogP) is 6.87. The summed E-state index contributed by atoms with van der Waals surface area (Å²) in [6.45, 7) is 6.66. The molecule has 2 saturated heterocycles. The molecule has 0 spiro atoms. The third-order valence-corrected chi connectivity index (χ3v) is 15.4. The molecule has 418 valence electrons. The van der Waals surface area contributed by atoms with Crippen molar-refractivity contribution in [1.82, 2.24) is 44.7 Å². The molecule has 6 atom stereocenters. The molecule has 2 aliphatic rings. The van der Waals surface area contributed by atoms with E-state index >= 15 is 14.4 Å².